The summed E-state index contributed by atoms with van der Waals surface area (Å²) in [6.07, 6.45) is 2.20. The maximum Gasteiger partial charge on any atom is 0.261 e. The molecule has 0 radical (unpaired) electrons. The summed E-state index contributed by atoms with van der Waals surface area (Å²) in [5.41, 5.74) is 2.00. The van der Waals surface area contributed by atoms with Crippen molar-refractivity contribution in [3.8, 4) is 0 Å². The van der Waals surface area contributed by atoms with E-state index in [2.05, 4.69) is 99.6 Å². The summed E-state index contributed by atoms with van der Waals surface area (Å²) in [6.45, 7) is 9.23. The Morgan fingerprint density at radius 1 is 0.839 bits per heavy atom. The minimum Gasteiger partial charge on any atom is -0.403 e. The Balaban J connectivity index is 2.09. The fourth-order valence-electron chi connectivity index (χ4n) is 4.21. The van der Waals surface area contributed by atoms with Gasteiger partial charge in [-0.05, 0) is 33.0 Å². The molecule has 1 unspecified atom stereocenters. The molecule has 0 spiro atoms. The maximum absolute atomic E-state index is 10.8. The first kappa shape index (κ1) is 23.2. The summed E-state index contributed by atoms with van der Waals surface area (Å²) in [5, 5.41) is 13.2. The highest BCUT2D eigenvalue weighted by atomic mass is 28.4. The van der Waals surface area contributed by atoms with Crippen molar-refractivity contribution in [2.24, 2.45) is 0 Å². The Morgan fingerprint density at radius 2 is 1.29 bits per heavy atom. The predicted molar refractivity (Wildman–Crippen MR) is 134 cm³/mol. The van der Waals surface area contributed by atoms with E-state index in [9.17, 15) is 5.11 Å². The van der Waals surface area contributed by atoms with Gasteiger partial charge in [0.2, 0.25) is 0 Å². The van der Waals surface area contributed by atoms with Crippen molar-refractivity contribution in [3.05, 3.63) is 102 Å². The number of aliphatic hydroxyl groups excluding tert-OH is 1. The Kier molecular flexibility index (Phi) is 7.66. The van der Waals surface area contributed by atoms with Gasteiger partial charge in [0.15, 0.2) is 0 Å². The maximum atomic E-state index is 10.8. The zero-order valence-electron chi connectivity index (χ0n) is 19.1. The van der Waals surface area contributed by atoms with Gasteiger partial charge in [0.25, 0.3) is 8.32 Å². The van der Waals surface area contributed by atoms with E-state index in [1.807, 2.05) is 25.1 Å². The Bertz CT molecular complexity index is 921. The molecular formula is C28H34O2Si. The van der Waals surface area contributed by atoms with Crippen LogP contribution in [0.2, 0.25) is 5.04 Å². The highest BCUT2D eigenvalue weighted by Crippen LogP contribution is 2.37. The average molecular weight is 431 g/mol. The van der Waals surface area contributed by atoms with E-state index < -0.39 is 14.4 Å². The van der Waals surface area contributed by atoms with Crippen molar-refractivity contribution in [2.45, 2.75) is 45.3 Å². The summed E-state index contributed by atoms with van der Waals surface area (Å²) in [7, 11) is -2.64. The van der Waals surface area contributed by atoms with Gasteiger partial charge in [-0.15, -0.1) is 0 Å². The van der Waals surface area contributed by atoms with Gasteiger partial charge >= 0.3 is 0 Å². The second kappa shape index (κ2) is 10.2. The number of benzene rings is 3. The lowest BCUT2D eigenvalue weighted by Crippen LogP contribution is -2.66. The van der Waals surface area contributed by atoms with Crippen LogP contribution >= 0.6 is 0 Å². The van der Waals surface area contributed by atoms with Crippen LogP contribution in [-0.4, -0.2) is 26.1 Å². The molecule has 1 atom stereocenters. The van der Waals surface area contributed by atoms with Crippen LogP contribution in [0.15, 0.2) is 96.6 Å². The molecule has 0 bridgehead atoms. The largest absolute Gasteiger partial charge is 0.403 e. The van der Waals surface area contributed by atoms with Crippen LogP contribution in [0.5, 0.6) is 0 Å². The van der Waals surface area contributed by atoms with E-state index in [1.165, 1.54) is 10.4 Å². The third-order valence-electron chi connectivity index (χ3n) is 5.84. The SMILES string of the molecule is CCC(O)/C(=C/c1ccccc1)CO[Si](c1ccccc1)(c1ccccc1)C(C)(C)C. The first-order valence-electron chi connectivity index (χ1n) is 11.1. The molecular weight excluding hydrogens is 396 g/mol. The van der Waals surface area contributed by atoms with E-state index in [1.54, 1.807) is 0 Å². The van der Waals surface area contributed by atoms with Gasteiger partial charge in [0, 0.05) is 0 Å². The minimum absolute atomic E-state index is 0.0925. The predicted octanol–water partition coefficient (Wildman–Crippen LogP) is 5.42. The molecule has 3 aromatic carbocycles. The van der Waals surface area contributed by atoms with Crippen molar-refractivity contribution in [1.29, 1.82) is 0 Å². The highest BCUT2D eigenvalue weighted by molar-refractivity contribution is 6.99. The van der Waals surface area contributed by atoms with Gasteiger partial charge in [-0.25, -0.2) is 0 Å². The van der Waals surface area contributed by atoms with Crippen LogP contribution in [0, 0.1) is 0 Å². The average Bonchev–Trinajstić information content (AvgIpc) is 2.79. The normalized spacial score (nSPS) is 13.8. The lowest BCUT2D eigenvalue weighted by molar-refractivity contribution is 0.187. The van der Waals surface area contributed by atoms with Crippen LogP contribution in [0.3, 0.4) is 0 Å². The van der Waals surface area contributed by atoms with E-state index in [4.69, 9.17) is 4.43 Å². The lowest BCUT2D eigenvalue weighted by atomic mass is 10.0. The molecule has 3 rings (SSSR count). The number of rotatable bonds is 8. The fraction of sp³-hybridized carbons (Fsp3) is 0.286. The summed E-state index contributed by atoms with van der Waals surface area (Å²) < 4.78 is 7.03. The third kappa shape index (κ3) is 5.24. The molecule has 31 heavy (non-hydrogen) atoms. The molecule has 0 heterocycles. The van der Waals surface area contributed by atoms with Gasteiger partial charge in [-0.3, -0.25) is 0 Å². The molecule has 162 valence electrons. The molecule has 0 aromatic heterocycles. The van der Waals surface area contributed by atoms with Crippen molar-refractivity contribution in [3.63, 3.8) is 0 Å². The first-order valence-corrected chi connectivity index (χ1v) is 13.0. The third-order valence-corrected chi connectivity index (χ3v) is 10.8. The van der Waals surface area contributed by atoms with Gasteiger partial charge in [0.1, 0.15) is 0 Å². The van der Waals surface area contributed by atoms with Crippen LogP contribution in [-0.2, 0) is 4.43 Å². The zero-order chi connectivity index (χ0) is 22.3. The lowest BCUT2D eigenvalue weighted by Gasteiger charge is -2.43. The van der Waals surface area contributed by atoms with Gasteiger partial charge in [0.05, 0.1) is 12.7 Å². The van der Waals surface area contributed by atoms with E-state index >= 15 is 0 Å². The summed E-state index contributed by atoms with van der Waals surface area (Å²) in [5.74, 6) is 0. The van der Waals surface area contributed by atoms with E-state index in [0.29, 0.717) is 13.0 Å². The quantitative estimate of drug-likeness (QED) is 0.484. The molecule has 0 aliphatic rings. The molecule has 3 heteroatoms. The summed E-state index contributed by atoms with van der Waals surface area (Å²) in [6, 6.07) is 31.4. The molecule has 0 saturated carbocycles. The second-order valence-electron chi connectivity index (χ2n) is 9.01. The Morgan fingerprint density at radius 3 is 1.71 bits per heavy atom. The molecule has 0 aliphatic heterocycles. The van der Waals surface area contributed by atoms with Crippen molar-refractivity contribution in [2.75, 3.05) is 6.61 Å². The van der Waals surface area contributed by atoms with Crippen molar-refractivity contribution >= 4 is 24.8 Å². The van der Waals surface area contributed by atoms with Crippen molar-refractivity contribution in [1.82, 2.24) is 0 Å². The highest BCUT2D eigenvalue weighted by Gasteiger charge is 2.50. The van der Waals surface area contributed by atoms with E-state index in [0.717, 1.165) is 11.1 Å². The molecule has 3 aromatic rings. The number of aliphatic hydroxyl groups is 1. The Labute approximate surface area is 188 Å². The molecule has 0 fully saturated rings. The van der Waals surface area contributed by atoms with Crippen molar-refractivity contribution < 1.29 is 9.53 Å². The topological polar surface area (TPSA) is 29.5 Å². The van der Waals surface area contributed by atoms with Gasteiger partial charge < -0.3 is 9.53 Å². The van der Waals surface area contributed by atoms with Crippen LogP contribution in [0.4, 0.5) is 0 Å². The summed E-state index contributed by atoms with van der Waals surface area (Å²) >= 11 is 0. The Hall–Kier alpha value is -2.46. The smallest absolute Gasteiger partial charge is 0.261 e. The molecule has 0 amide bonds. The first-order chi connectivity index (χ1) is 14.9. The van der Waals surface area contributed by atoms with E-state index in [-0.39, 0.29) is 5.04 Å². The van der Waals surface area contributed by atoms with Crippen LogP contribution in [0.25, 0.3) is 6.08 Å². The van der Waals surface area contributed by atoms with Crippen LogP contribution < -0.4 is 10.4 Å². The fourth-order valence-corrected chi connectivity index (χ4v) is 8.75. The molecule has 0 aliphatic carbocycles. The van der Waals surface area contributed by atoms with Gasteiger partial charge in [-0.1, -0.05) is 125 Å². The second-order valence-corrected chi connectivity index (χ2v) is 13.3. The molecule has 0 saturated heterocycles. The zero-order valence-corrected chi connectivity index (χ0v) is 20.1. The summed E-state index contributed by atoms with van der Waals surface area (Å²) in [4.78, 5) is 0. The number of hydrogen-bond acceptors (Lipinski definition) is 2. The minimum atomic E-state index is -2.64. The standard InChI is InChI=1S/C28H34O2Si/c1-5-27(29)24(21-23-15-9-6-10-16-23)22-30-31(28(2,3)4,25-17-11-7-12-18-25)26-19-13-8-14-20-26/h6-21,27,29H,5,22H2,1-4H3/b24-21+. The van der Waals surface area contributed by atoms with Gasteiger partial charge in [-0.2, -0.15) is 0 Å². The molecule has 2 nitrogen and oxygen atoms in total. The molecule has 1 N–H and O–H groups in total. The monoisotopic (exact) mass is 430 g/mol. The van der Waals surface area contributed by atoms with Crippen LogP contribution in [0.1, 0.15) is 39.7 Å². The number of hydrogen-bond donors (Lipinski definition) is 1.